The Hall–Kier alpha value is -0.0100. The average molecular weight is 231 g/mol. The van der Waals surface area contributed by atoms with Gasteiger partial charge >= 0.3 is 0 Å². The Balaban J connectivity index is 2.78. The fourth-order valence-electron chi connectivity index (χ4n) is 1.32. The van der Waals surface area contributed by atoms with Gasteiger partial charge in [0.2, 0.25) is 0 Å². The van der Waals surface area contributed by atoms with Gasteiger partial charge in [-0.3, -0.25) is 0 Å². The largest absolute Gasteiger partial charge is 0.143 e. The molecular weight excluding hydrogens is 212 g/mol. The second-order valence-electron chi connectivity index (χ2n) is 4.71. The van der Waals surface area contributed by atoms with Gasteiger partial charge in [-0.05, 0) is 24.0 Å². The Kier molecular flexibility index (Phi) is 4.03. The Morgan fingerprint density at radius 1 is 1.36 bits per heavy atom. The maximum atomic E-state index is 6.28. The smallest absolute Gasteiger partial charge is 0.0678 e. The minimum Gasteiger partial charge on any atom is -0.143 e. The van der Waals surface area contributed by atoms with Gasteiger partial charge in [-0.1, -0.05) is 34.1 Å². The summed E-state index contributed by atoms with van der Waals surface area (Å²) in [5.74, 6) is 0. The highest BCUT2D eigenvalue weighted by atomic mass is 35.5. The van der Waals surface area contributed by atoms with Gasteiger partial charge in [-0.25, -0.2) is 0 Å². The first kappa shape index (κ1) is 12.1. The van der Waals surface area contributed by atoms with Crippen LogP contribution in [0.4, 0.5) is 0 Å². The summed E-state index contributed by atoms with van der Waals surface area (Å²) >= 11 is 8.14. The van der Waals surface area contributed by atoms with Crippen LogP contribution in [0.1, 0.15) is 55.7 Å². The van der Waals surface area contributed by atoms with Crippen LogP contribution in [0.2, 0.25) is 0 Å². The fraction of sp³-hybridized carbons (Fsp3) is 0.667. The van der Waals surface area contributed by atoms with Gasteiger partial charge in [0.25, 0.3) is 0 Å². The molecule has 80 valence electrons. The van der Waals surface area contributed by atoms with Crippen molar-refractivity contribution >= 4 is 22.9 Å². The SMILES string of the molecule is CCCC(Cl)c1ccc(C(C)(C)C)s1. The quantitative estimate of drug-likeness (QED) is 0.632. The molecule has 0 radical (unpaired) electrons. The standard InChI is InChI=1S/C12H19ClS/c1-5-6-9(13)10-7-8-11(14-10)12(2,3)4/h7-9H,5-6H2,1-4H3. The number of alkyl halides is 1. The van der Waals surface area contributed by atoms with E-state index in [9.17, 15) is 0 Å². The fourth-order valence-corrected chi connectivity index (χ4v) is 2.82. The molecule has 0 aliphatic rings. The normalized spacial score (nSPS) is 14.4. The monoisotopic (exact) mass is 230 g/mol. The van der Waals surface area contributed by atoms with Crippen LogP contribution in [0.5, 0.6) is 0 Å². The summed E-state index contributed by atoms with van der Waals surface area (Å²) in [6.45, 7) is 8.90. The molecule has 1 unspecified atom stereocenters. The van der Waals surface area contributed by atoms with Crippen LogP contribution >= 0.6 is 22.9 Å². The molecule has 1 aromatic heterocycles. The van der Waals surface area contributed by atoms with E-state index in [-0.39, 0.29) is 10.8 Å². The zero-order valence-corrected chi connectivity index (χ0v) is 11.0. The lowest BCUT2D eigenvalue weighted by Gasteiger charge is -2.15. The number of rotatable bonds is 3. The summed E-state index contributed by atoms with van der Waals surface area (Å²) in [6, 6.07) is 4.39. The molecule has 1 atom stereocenters. The van der Waals surface area contributed by atoms with Crippen molar-refractivity contribution in [3.8, 4) is 0 Å². The second kappa shape index (κ2) is 4.67. The van der Waals surface area contributed by atoms with Crippen molar-refractivity contribution in [1.29, 1.82) is 0 Å². The summed E-state index contributed by atoms with van der Waals surface area (Å²) in [7, 11) is 0. The van der Waals surface area contributed by atoms with Crippen molar-refractivity contribution in [3.63, 3.8) is 0 Å². The van der Waals surface area contributed by atoms with Crippen molar-refractivity contribution in [2.75, 3.05) is 0 Å². The minimum absolute atomic E-state index is 0.209. The lowest BCUT2D eigenvalue weighted by Crippen LogP contribution is -2.07. The maximum absolute atomic E-state index is 6.28. The summed E-state index contributed by atoms with van der Waals surface area (Å²) in [4.78, 5) is 2.74. The van der Waals surface area contributed by atoms with E-state index >= 15 is 0 Å². The lowest BCUT2D eigenvalue weighted by molar-refractivity contribution is 0.604. The molecule has 0 aliphatic carbocycles. The van der Waals surface area contributed by atoms with E-state index in [2.05, 4.69) is 39.8 Å². The molecule has 14 heavy (non-hydrogen) atoms. The van der Waals surface area contributed by atoms with Crippen molar-refractivity contribution in [1.82, 2.24) is 0 Å². The van der Waals surface area contributed by atoms with E-state index < -0.39 is 0 Å². The molecule has 1 aromatic rings. The molecule has 2 heteroatoms. The molecule has 0 aromatic carbocycles. The Bertz CT molecular complexity index is 283. The van der Waals surface area contributed by atoms with Gasteiger partial charge in [0, 0.05) is 9.75 Å². The van der Waals surface area contributed by atoms with Gasteiger partial charge < -0.3 is 0 Å². The van der Waals surface area contributed by atoms with Crippen LogP contribution in [0, 0.1) is 0 Å². The van der Waals surface area contributed by atoms with Gasteiger partial charge in [0.05, 0.1) is 5.38 Å². The van der Waals surface area contributed by atoms with Gasteiger partial charge in [0.1, 0.15) is 0 Å². The molecule has 0 N–H and O–H groups in total. The van der Waals surface area contributed by atoms with Crippen molar-refractivity contribution in [2.24, 2.45) is 0 Å². The summed E-state index contributed by atoms with van der Waals surface area (Å²) in [6.07, 6.45) is 2.22. The second-order valence-corrected chi connectivity index (χ2v) is 6.35. The van der Waals surface area contributed by atoms with Crippen LogP contribution in [0.15, 0.2) is 12.1 Å². The summed E-state index contributed by atoms with van der Waals surface area (Å²) < 4.78 is 0. The summed E-state index contributed by atoms with van der Waals surface area (Å²) in [5, 5.41) is 0.209. The highest BCUT2D eigenvalue weighted by molar-refractivity contribution is 7.12. The third-order valence-electron chi connectivity index (χ3n) is 2.22. The van der Waals surface area contributed by atoms with Crippen LogP contribution in [0.3, 0.4) is 0 Å². The number of halogens is 1. The van der Waals surface area contributed by atoms with E-state index in [1.165, 1.54) is 9.75 Å². The van der Waals surface area contributed by atoms with Crippen LogP contribution in [-0.4, -0.2) is 0 Å². The highest BCUT2D eigenvalue weighted by Crippen LogP contribution is 2.36. The number of hydrogen-bond donors (Lipinski definition) is 0. The molecule has 0 nitrogen and oxygen atoms in total. The maximum Gasteiger partial charge on any atom is 0.0678 e. The van der Waals surface area contributed by atoms with Gasteiger partial charge in [0.15, 0.2) is 0 Å². The van der Waals surface area contributed by atoms with Crippen molar-refractivity contribution < 1.29 is 0 Å². The predicted molar refractivity (Wildman–Crippen MR) is 66.5 cm³/mol. The third-order valence-corrected chi connectivity index (χ3v) is 4.42. The van der Waals surface area contributed by atoms with Crippen molar-refractivity contribution in [3.05, 3.63) is 21.9 Å². The minimum atomic E-state index is 0.209. The number of thiophene rings is 1. The zero-order chi connectivity index (χ0) is 10.8. The molecule has 1 heterocycles. The first-order chi connectivity index (χ1) is 6.45. The Morgan fingerprint density at radius 2 is 2.00 bits per heavy atom. The summed E-state index contributed by atoms with van der Waals surface area (Å²) in [5.41, 5.74) is 0.256. The molecule has 1 rings (SSSR count). The molecule has 0 saturated carbocycles. The van der Waals surface area contributed by atoms with E-state index in [4.69, 9.17) is 11.6 Å². The molecule has 0 saturated heterocycles. The van der Waals surface area contributed by atoms with E-state index in [0.717, 1.165) is 12.8 Å². The Labute approximate surface area is 96.3 Å². The topological polar surface area (TPSA) is 0 Å². The average Bonchev–Trinajstić information content (AvgIpc) is 2.51. The van der Waals surface area contributed by atoms with Crippen LogP contribution in [0.25, 0.3) is 0 Å². The molecule has 0 amide bonds. The van der Waals surface area contributed by atoms with Crippen LogP contribution in [-0.2, 0) is 5.41 Å². The van der Waals surface area contributed by atoms with Gasteiger partial charge in [-0.15, -0.1) is 22.9 Å². The molecule has 0 bridgehead atoms. The lowest BCUT2D eigenvalue weighted by atomic mass is 9.95. The molecule has 0 aliphatic heterocycles. The molecular formula is C12H19ClS. The number of hydrogen-bond acceptors (Lipinski definition) is 1. The highest BCUT2D eigenvalue weighted by Gasteiger charge is 2.18. The zero-order valence-electron chi connectivity index (χ0n) is 9.43. The first-order valence-corrected chi connectivity index (χ1v) is 6.44. The first-order valence-electron chi connectivity index (χ1n) is 5.19. The predicted octanol–water partition coefficient (Wildman–Crippen LogP) is 5.13. The van der Waals surface area contributed by atoms with E-state index in [0.29, 0.717) is 0 Å². The molecule has 0 fully saturated rings. The molecule has 0 spiro atoms. The Morgan fingerprint density at radius 3 is 2.43 bits per heavy atom. The van der Waals surface area contributed by atoms with Gasteiger partial charge in [-0.2, -0.15) is 0 Å². The van der Waals surface area contributed by atoms with E-state index in [1.54, 1.807) is 0 Å². The third kappa shape index (κ3) is 2.99. The van der Waals surface area contributed by atoms with Crippen molar-refractivity contribution in [2.45, 2.75) is 51.3 Å². The van der Waals surface area contributed by atoms with E-state index in [1.807, 2.05) is 11.3 Å². The van der Waals surface area contributed by atoms with Crippen LogP contribution < -0.4 is 0 Å².